The number of amides is 1. The smallest absolute Gasteiger partial charge is 0.329 e. The molecule has 0 aliphatic carbocycles. The number of nitrogens with two attached hydrogens (primary N) is 1. The van der Waals surface area contributed by atoms with E-state index in [0.29, 0.717) is 30.1 Å². The highest BCUT2D eigenvalue weighted by atomic mass is 32.2. The Hall–Kier alpha value is -3.54. The normalized spacial score (nSPS) is 18.3. The van der Waals surface area contributed by atoms with Crippen LogP contribution in [0.1, 0.15) is 56.4 Å². The van der Waals surface area contributed by atoms with E-state index in [9.17, 15) is 18.0 Å². The minimum absolute atomic E-state index is 0.00000687. The molecule has 2 atom stereocenters. The maximum atomic E-state index is 14.1. The lowest BCUT2D eigenvalue weighted by Gasteiger charge is -2.35. The summed E-state index contributed by atoms with van der Waals surface area (Å²) in [7, 11) is -4.13. The van der Waals surface area contributed by atoms with Gasteiger partial charge in [0, 0.05) is 31.2 Å². The van der Waals surface area contributed by atoms with Crippen molar-refractivity contribution in [3.63, 3.8) is 0 Å². The van der Waals surface area contributed by atoms with Crippen molar-refractivity contribution < 1.29 is 22.7 Å². The Bertz CT molecular complexity index is 1490. The SMILES string of the molecule is CCOC(=O)[C@H]1CC(C)=CCN1C(=O)[C@H](Cc1cccc(C(=N)N)c1)NS(=O)(=O)c1ccc2c(c1)CN(C(C)C)CC2. The molecule has 2 aromatic rings. The van der Waals surface area contributed by atoms with Crippen LogP contribution in [-0.2, 0) is 43.7 Å². The number of carbonyl (C=O) groups is 2. The quantitative estimate of drug-likeness (QED) is 0.166. The van der Waals surface area contributed by atoms with Crippen molar-refractivity contribution in [2.75, 3.05) is 19.7 Å². The molecule has 0 saturated carbocycles. The number of carbonyl (C=O) groups excluding carboxylic acids is 2. The van der Waals surface area contributed by atoms with Gasteiger partial charge in [0.2, 0.25) is 15.9 Å². The molecule has 0 unspecified atom stereocenters. The molecular formula is C31H41N5O5S. The second-order valence-corrected chi connectivity index (χ2v) is 13.0. The Morgan fingerprint density at radius 3 is 2.62 bits per heavy atom. The first-order chi connectivity index (χ1) is 19.9. The van der Waals surface area contributed by atoms with E-state index in [4.69, 9.17) is 15.9 Å². The van der Waals surface area contributed by atoms with Gasteiger partial charge >= 0.3 is 5.97 Å². The van der Waals surface area contributed by atoms with Crippen molar-refractivity contribution in [2.24, 2.45) is 5.73 Å². The predicted octanol–water partition coefficient (Wildman–Crippen LogP) is 2.74. The first-order valence-electron chi connectivity index (χ1n) is 14.3. The number of hydrogen-bond donors (Lipinski definition) is 3. The highest BCUT2D eigenvalue weighted by molar-refractivity contribution is 7.89. The highest BCUT2D eigenvalue weighted by Crippen LogP contribution is 2.25. The van der Waals surface area contributed by atoms with Crippen LogP contribution in [0.25, 0.3) is 0 Å². The number of sulfonamides is 1. The lowest BCUT2D eigenvalue weighted by molar-refractivity contribution is -0.155. The van der Waals surface area contributed by atoms with Gasteiger partial charge in [-0.15, -0.1) is 0 Å². The fourth-order valence-corrected chi connectivity index (χ4v) is 6.71. The molecule has 2 aliphatic heterocycles. The monoisotopic (exact) mass is 595 g/mol. The maximum absolute atomic E-state index is 14.1. The summed E-state index contributed by atoms with van der Waals surface area (Å²) in [6.45, 7) is 9.71. The van der Waals surface area contributed by atoms with Gasteiger partial charge in [-0.1, -0.05) is 35.9 Å². The Balaban J connectivity index is 1.68. The summed E-state index contributed by atoms with van der Waals surface area (Å²) < 4.78 is 35.5. The van der Waals surface area contributed by atoms with Gasteiger partial charge in [-0.25, -0.2) is 13.2 Å². The molecule has 0 fully saturated rings. The summed E-state index contributed by atoms with van der Waals surface area (Å²) in [6, 6.07) is 10.2. The number of hydrogen-bond acceptors (Lipinski definition) is 7. The average molecular weight is 596 g/mol. The second kappa shape index (κ2) is 13.2. The van der Waals surface area contributed by atoms with Gasteiger partial charge in [0.1, 0.15) is 17.9 Å². The molecule has 4 N–H and O–H groups in total. The number of nitrogens with zero attached hydrogens (tertiary/aromatic N) is 2. The lowest BCUT2D eigenvalue weighted by Crippen LogP contribution is -2.56. The van der Waals surface area contributed by atoms with Crippen LogP contribution >= 0.6 is 0 Å². The number of amidine groups is 1. The summed E-state index contributed by atoms with van der Waals surface area (Å²) >= 11 is 0. The van der Waals surface area contributed by atoms with Crippen LogP contribution in [0.2, 0.25) is 0 Å². The molecule has 2 aromatic carbocycles. The second-order valence-electron chi connectivity index (χ2n) is 11.2. The summed E-state index contributed by atoms with van der Waals surface area (Å²) in [5.74, 6) is -1.19. The fourth-order valence-electron chi connectivity index (χ4n) is 5.47. The lowest BCUT2D eigenvalue weighted by atomic mass is 9.98. The molecule has 0 bridgehead atoms. The van der Waals surface area contributed by atoms with E-state index in [0.717, 1.165) is 29.7 Å². The van der Waals surface area contributed by atoms with Crippen LogP contribution in [0.4, 0.5) is 0 Å². The third kappa shape index (κ3) is 7.26. The Morgan fingerprint density at radius 2 is 1.93 bits per heavy atom. The number of ether oxygens (including phenoxy) is 1. The number of esters is 1. The minimum Gasteiger partial charge on any atom is -0.464 e. The van der Waals surface area contributed by atoms with Crippen LogP contribution < -0.4 is 10.5 Å². The van der Waals surface area contributed by atoms with E-state index < -0.39 is 34.0 Å². The van der Waals surface area contributed by atoms with E-state index in [-0.39, 0.29) is 30.3 Å². The van der Waals surface area contributed by atoms with Gasteiger partial charge in [-0.3, -0.25) is 15.1 Å². The topological polar surface area (TPSA) is 146 Å². The molecule has 4 rings (SSSR count). The molecule has 0 spiro atoms. The number of fused-ring (bicyclic) bond motifs is 1. The van der Waals surface area contributed by atoms with Gasteiger partial charge in [0.15, 0.2) is 0 Å². The van der Waals surface area contributed by atoms with Crippen LogP contribution in [0.5, 0.6) is 0 Å². The van der Waals surface area contributed by atoms with E-state index >= 15 is 0 Å². The summed E-state index contributed by atoms with van der Waals surface area (Å²) in [6.07, 6.45) is 3.01. The van der Waals surface area contributed by atoms with E-state index in [1.54, 1.807) is 43.3 Å². The van der Waals surface area contributed by atoms with E-state index in [1.165, 1.54) is 4.90 Å². The molecule has 11 heteroatoms. The van der Waals surface area contributed by atoms with Crippen LogP contribution in [0, 0.1) is 5.41 Å². The summed E-state index contributed by atoms with van der Waals surface area (Å²) in [5.41, 5.74) is 9.79. The van der Waals surface area contributed by atoms with Crippen molar-refractivity contribution in [2.45, 2.75) is 76.5 Å². The number of nitrogens with one attached hydrogen (secondary N) is 2. The maximum Gasteiger partial charge on any atom is 0.329 e. The van der Waals surface area contributed by atoms with Gasteiger partial charge < -0.3 is 15.4 Å². The van der Waals surface area contributed by atoms with Crippen molar-refractivity contribution in [1.29, 1.82) is 5.41 Å². The Morgan fingerprint density at radius 1 is 1.17 bits per heavy atom. The molecule has 0 saturated heterocycles. The third-order valence-corrected chi connectivity index (χ3v) is 9.37. The number of benzene rings is 2. The van der Waals surface area contributed by atoms with Gasteiger partial charge in [-0.05, 0) is 81.8 Å². The zero-order valence-electron chi connectivity index (χ0n) is 24.7. The zero-order valence-corrected chi connectivity index (χ0v) is 25.5. The average Bonchev–Trinajstić information content (AvgIpc) is 2.96. The Labute approximate surface area is 248 Å². The standard InChI is InChI=1S/C31H41N5O5S/c1-5-41-31(38)28-15-21(4)11-14-36(28)30(37)27(17-22-7-6-8-24(16-22)29(32)33)34-42(39,40)26-10-9-23-12-13-35(20(2)3)19-25(23)18-26/h6-11,16,18,20,27-28,34H,5,12-15,17,19H2,1-4H3,(H3,32,33)/t27-,28+/m0/s1. The van der Waals surface area contributed by atoms with Gasteiger partial charge in [-0.2, -0.15) is 4.72 Å². The molecule has 10 nitrogen and oxygen atoms in total. The molecule has 0 radical (unpaired) electrons. The van der Waals surface area contributed by atoms with Crippen molar-refractivity contribution in [1.82, 2.24) is 14.5 Å². The minimum atomic E-state index is -4.13. The summed E-state index contributed by atoms with van der Waals surface area (Å²) in [4.78, 5) is 30.7. The van der Waals surface area contributed by atoms with Crippen LogP contribution in [-0.4, -0.2) is 73.8 Å². The van der Waals surface area contributed by atoms with Crippen molar-refractivity contribution in [3.05, 3.63) is 76.4 Å². The summed E-state index contributed by atoms with van der Waals surface area (Å²) in [5, 5.41) is 7.79. The molecule has 2 heterocycles. The molecule has 1 amide bonds. The van der Waals surface area contributed by atoms with Gasteiger partial charge in [0.25, 0.3) is 0 Å². The van der Waals surface area contributed by atoms with Crippen molar-refractivity contribution >= 4 is 27.7 Å². The van der Waals surface area contributed by atoms with E-state index in [2.05, 4.69) is 23.5 Å². The number of rotatable bonds is 10. The van der Waals surface area contributed by atoms with Crippen LogP contribution in [0.3, 0.4) is 0 Å². The molecule has 226 valence electrons. The molecule has 2 aliphatic rings. The number of nitrogen functional groups attached to an aromatic ring is 1. The first-order valence-corrected chi connectivity index (χ1v) is 15.8. The molecular weight excluding hydrogens is 554 g/mol. The predicted molar refractivity (Wildman–Crippen MR) is 161 cm³/mol. The van der Waals surface area contributed by atoms with Gasteiger partial charge in [0.05, 0.1) is 11.5 Å². The highest BCUT2D eigenvalue weighted by Gasteiger charge is 2.38. The van der Waals surface area contributed by atoms with E-state index in [1.807, 2.05) is 19.1 Å². The Kier molecular flexibility index (Phi) is 9.85. The third-order valence-electron chi connectivity index (χ3n) is 7.90. The molecule has 42 heavy (non-hydrogen) atoms. The van der Waals surface area contributed by atoms with Crippen molar-refractivity contribution in [3.8, 4) is 0 Å². The largest absolute Gasteiger partial charge is 0.464 e. The zero-order chi connectivity index (χ0) is 30.6. The molecule has 0 aromatic heterocycles. The fraction of sp³-hybridized carbons (Fsp3) is 0.452. The first kappa shape index (κ1) is 31.4. The van der Waals surface area contributed by atoms with Crippen LogP contribution in [0.15, 0.2) is 59.0 Å².